The fourth-order valence-electron chi connectivity index (χ4n) is 2.03. The number of aryl methyl sites for hydroxylation is 2. The van der Waals surface area contributed by atoms with Crippen LogP contribution in [0.1, 0.15) is 17.4 Å². The number of amides is 1. The van der Waals surface area contributed by atoms with Gasteiger partial charge in [0.2, 0.25) is 0 Å². The van der Waals surface area contributed by atoms with Crippen molar-refractivity contribution in [3.8, 4) is 0 Å². The number of likely N-dealkylation sites (N-methyl/N-ethyl adjacent to an activating group) is 1. The van der Waals surface area contributed by atoms with Crippen molar-refractivity contribution >= 4 is 45.2 Å². The number of rotatable bonds is 5. The van der Waals surface area contributed by atoms with E-state index in [1.807, 2.05) is 13.8 Å². The molecule has 6 nitrogen and oxygen atoms in total. The average molecular weight is 353 g/mol. The fourth-order valence-corrected chi connectivity index (χ4v) is 3.93. The third-order valence-electron chi connectivity index (χ3n) is 3.35. The van der Waals surface area contributed by atoms with E-state index in [2.05, 4.69) is 9.97 Å². The zero-order valence-corrected chi connectivity index (χ0v) is 15.4. The van der Waals surface area contributed by atoms with Crippen LogP contribution < -0.4 is 0 Å². The molecule has 0 saturated carbocycles. The zero-order chi connectivity index (χ0) is 17.1. The van der Waals surface area contributed by atoms with Gasteiger partial charge in [-0.3, -0.25) is 9.59 Å². The van der Waals surface area contributed by atoms with Gasteiger partial charge in [0, 0.05) is 24.4 Å². The molecular weight excluding hydrogens is 334 g/mol. The number of aromatic nitrogens is 2. The molecule has 0 bridgehead atoms. The predicted molar refractivity (Wildman–Crippen MR) is 91.9 cm³/mol. The lowest BCUT2D eigenvalue weighted by molar-refractivity contribution is -0.155. The topological polar surface area (TPSA) is 72.4 Å². The van der Waals surface area contributed by atoms with E-state index in [-0.39, 0.29) is 11.7 Å². The monoisotopic (exact) mass is 353 g/mol. The molecule has 1 amide bonds. The summed E-state index contributed by atoms with van der Waals surface area (Å²) in [5, 5.41) is 1.76. The predicted octanol–water partition coefficient (Wildman–Crippen LogP) is 2.42. The van der Waals surface area contributed by atoms with Crippen molar-refractivity contribution in [2.45, 2.75) is 31.9 Å². The number of esters is 1. The molecule has 2 rings (SSSR count). The first kappa shape index (κ1) is 17.7. The van der Waals surface area contributed by atoms with E-state index >= 15 is 0 Å². The zero-order valence-electron chi connectivity index (χ0n) is 13.7. The SMILES string of the molecule is Cc1sc2ncnc(SCC(=O)O[C@H](C)C(=O)N(C)C)c2c1C. The second-order valence-electron chi connectivity index (χ2n) is 5.30. The Bertz CT molecular complexity index is 743. The molecule has 0 saturated heterocycles. The maximum absolute atomic E-state index is 11.9. The Hall–Kier alpha value is -1.67. The lowest BCUT2D eigenvalue weighted by Gasteiger charge is -2.17. The third-order valence-corrected chi connectivity index (χ3v) is 5.43. The number of thioether (sulfide) groups is 1. The molecule has 0 aliphatic heterocycles. The number of thiophene rings is 1. The van der Waals surface area contributed by atoms with Crippen LogP contribution in [-0.2, 0) is 14.3 Å². The van der Waals surface area contributed by atoms with Gasteiger partial charge in [0.15, 0.2) is 6.10 Å². The Morgan fingerprint density at radius 1 is 1.35 bits per heavy atom. The Balaban J connectivity index is 2.04. The van der Waals surface area contributed by atoms with Crippen molar-refractivity contribution in [2.75, 3.05) is 19.8 Å². The van der Waals surface area contributed by atoms with E-state index in [0.29, 0.717) is 0 Å². The summed E-state index contributed by atoms with van der Waals surface area (Å²) in [6.07, 6.45) is 0.720. The molecular formula is C15H19N3O3S2. The first-order valence-corrected chi connectivity index (χ1v) is 8.85. The summed E-state index contributed by atoms with van der Waals surface area (Å²) in [7, 11) is 3.25. The Morgan fingerprint density at radius 3 is 2.70 bits per heavy atom. The van der Waals surface area contributed by atoms with Crippen molar-refractivity contribution in [1.29, 1.82) is 0 Å². The van der Waals surface area contributed by atoms with Gasteiger partial charge in [-0.25, -0.2) is 9.97 Å². The third kappa shape index (κ3) is 4.00. The number of nitrogens with zero attached hydrogens (tertiary/aromatic N) is 3. The molecule has 0 N–H and O–H groups in total. The van der Waals surface area contributed by atoms with Gasteiger partial charge in [0.1, 0.15) is 16.2 Å². The van der Waals surface area contributed by atoms with E-state index in [0.717, 1.165) is 20.8 Å². The van der Waals surface area contributed by atoms with Gasteiger partial charge in [-0.1, -0.05) is 11.8 Å². The molecule has 2 heterocycles. The lowest BCUT2D eigenvalue weighted by atomic mass is 10.2. The highest BCUT2D eigenvalue weighted by molar-refractivity contribution is 8.00. The minimum absolute atomic E-state index is 0.103. The molecule has 0 aromatic carbocycles. The molecule has 2 aromatic heterocycles. The Labute approximate surface area is 143 Å². The minimum atomic E-state index is -0.784. The minimum Gasteiger partial charge on any atom is -0.452 e. The molecule has 8 heteroatoms. The largest absolute Gasteiger partial charge is 0.452 e. The van der Waals surface area contributed by atoms with E-state index in [1.54, 1.807) is 32.4 Å². The highest BCUT2D eigenvalue weighted by Crippen LogP contribution is 2.34. The maximum atomic E-state index is 11.9. The van der Waals surface area contributed by atoms with Gasteiger partial charge < -0.3 is 9.64 Å². The number of hydrogen-bond acceptors (Lipinski definition) is 7. The molecule has 2 aromatic rings. The summed E-state index contributed by atoms with van der Waals surface area (Å²) < 4.78 is 5.15. The van der Waals surface area contributed by atoms with Gasteiger partial charge in [-0.2, -0.15) is 0 Å². The molecule has 124 valence electrons. The van der Waals surface area contributed by atoms with E-state index in [4.69, 9.17) is 4.74 Å². The van der Waals surface area contributed by atoms with Crippen LogP contribution in [0.5, 0.6) is 0 Å². The van der Waals surface area contributed by atoms with E-state index in [9.17, 15) is 9.59 Å². The second kappa shape index (κ2) is 7.27. The molecule has 0 unspecified atom stereocenters. The van der Waals surface area contributed by atoms with Crippen molar-refractivity contribution in [1.82, 2.24) is 14.9 Å². The number of hydrogen-bond donors (Lipinski definition) is 0. The standard InChI is InChI=1S/C15H19N3O3S2/c1-8-10(3)23-14-12(8)13(16-7-17-14)22-6-11(19)21-9(2)15(20)18(4)5/h7,9H,6H2,1-5H3/t9-/m1/s1. The Kier molecular flexibility index (Phi) is 5.59. The molecule has 0 aliphatic carbocycles. The highest BCUT2D eigenvalue weighted by Gasteiger charge is 2.20. The normalized spacial score (nSPS) is 12.2. The van der Waals surface area contributed by atoms with Crippen molar-refractivity contribution in [2.24, 2.45) is 0 Å². The molecule has 0 radical (unpaired) electrons. The summed E-state index contributed by atoms with van der Waals surface area (Å²) in [6.45, 7) is 5.64. The summed E-state index contributed by atoms with van der Waals surface area (Å²) in [5.74, 6) is -0.572. The maximum Gasteiger partial charge on any atom is 0.317 e. The van der Waals surface area contributed by atoms with Crippen LogP contribution in [0.4, 0.5) is 0 Å². The van der Waals surface area contributed by atoms with Crippen molar-refractivity contribution in [3.05, 3.63) is 16.8 Å². The summed E-state index contributed by atoms with van der Waals surface area (Å²) in [5.41, 5.74) is 1.14. The van der Waals surface area contributed by atoms with E-state index in [1.165, 1.54) is 27.9 Å². The number of carbonyl (C=O) groups excluding carboxylic acids is 2. The van der Waals surface area contributed by atoms with Gasteiger partial charge >= 0.3 is 5.97 Å². The first-order chi connectivity index (χ1) is 10.8. The smallest absolute Gasteiger partial charge is 0.317 e. The van der Waals surface area contributed by atoms with Crippen LogP contribution in [0, 0.1) is 13.8 Å². The van der Waals surface area contributed by atoms with Crippen molar-refractivity contribution < 1.29 is 14.3 Å². The van der Waals surface area contributed by atoms with Gasteiger partial charge in [-0.15, -0.1) is 11.3 Å². The van der Waals surface area contributed by atoms with Gasteiger partial charge in [0.25, 0.3) is 5.91 Å². The lowest BCUT2D eigenvalue weighted by Crippen LogP contribution is -2.35. The molecule has 0 fully saturated rings. The molecule has 1 atom stereocenters. The highest BCUT2D eigenvalue weighted by atomic mass is 32.2. The van der Waals surface area contributed by atoms with Crippen LogP contribution >= 0.6 is 23.1 Å². The summed E-state index contributed by atoms with van der Waals surface area (Å²) >= 11 is 2.92. The number of carbonyl (C=O) groups is 2. The average Bonchev–Trinajstić information content (AvgIpc) is 2.79. The van der Waals surface area contributed by atoms with Crippen LogP contribution in [0.2, 0.25) is 0 Å². The van der Waals surface area contributed by atoms with Gasteiger partial charge in [0.05, 0.1) is 5.75 Å². The number of fused-ring (bicyclic) bond motifs is 1. The Morgan fingerprint density at radius 2 is 2.04 bits per heavy atom. The molecule has 23 heavy (non-hydrogen) atoms. The summed E-state index contributed by atoms with van der Waals surface area (Å²) in [6, 6.07) is 0. The van der Waals surface area contributed by atoms with Crippen molar-refractivity contribution in [3.63, 3.8) is 0 Å². The van der Waals surface area contributed by atoms with Crippen LogP contribution in [0.25, 0.3) is 10.2 Å². The number of ether oxygens (including phenoxy) is 1. The van der Waals surface area contributed by atoms with Crippen LogP contribution in [-0.4, -0.2) is 52.7 Å². The molecule has 0 spiro atoms. The fraction of sp³-hybridized carbons (Fsp3) is 0.467. The first-order valence-electron chi connectivity index (χ1n) is 7.05. The van der Waals surface area contributed by atoms with E-state index < -0.39 is 12.1 Å². The quantitative estimate of drug-likeness (QED) is 0.467. The van der Waals surface area contributed by atoms with Crippen LogP contribution in [0.15, 0.2) is 11.4 Å². The van der Waals surface area contributed by atoms with Gasteiger partial charge in [-0.05, 0) is 26.3 Å². The second-order valence-corrected chi connectivity index (χ2v) is 7.46. The molecule has 0 aliphatic rings. The van der Waals surface area contributed by atoms with Crippen LogP contribution in [0.3, 0.4) is 0 Å². The summed E-state index contributed by atoms with van der Waals surface area (Å²) in [4.78, 5) is 35.7.